The number of ether oxygens (including phenoxy) is 3. The Bertz CT molecular complexity index is 1430. The Balaban J connectivity index is 1.27. The lowest BCUT2D eigenvalue weighted by Crippen LogP contribution is -2.46. The van der Waals surface area contributed by atoms with Crippen molar-refractivity contribution in [3.05, 3.63) is 84.1 Å². The van der Waals surface area contributed by atoms with Gasteiger partial charge in [-0.05, 0) is 41.5 Å². The molecular formula is C29H29N3O5. The summed E-state index contributed by atoms with van der Waals surface area (Å²) in [7, 11) is 0. The lowest BCUT2D eigenvalue weighted by Gasteiger charge is -2.20. The number of carbonyl (C=O) groups is 2. The molecule has 1 aliphatic heterocycles. The van der Waals surface area contributed by atoms with Gasteiger partial charge < -0.3 is 29.8 Å². The third-order valence-corrected chi connectivity index (χ3v) is 6.20. The van der Waals surface area contributed by atoms with Crippen LogP contribution in [-0.4, -0.2) is 29.6 Å². The van der Waals surface area contributed by atoms with Crippen molar-refractivity contribution in [1.29, 1.82) is 0 Å². The smallest absolute Gasteiger partial charge is 0.247 e. The predicted octanol–water partition coefficient (Wildman–Crippen LogP) is 4.80. The molecule has 0 saturated heterocycles. The average Bonchev–Trinajstić information content (AvgIpc) is 3.54. The zero-order chi connectivity index (χ0) is 25.8. The van der Waals surface area contributed by atoms with Gasteiger partial charge in [-0.3, -0.25) is 9.59 Å². The van der Waals surface area contributed by atoms with Gasteiger partial charge in [-0.1, -0.05) is 44.2 Å². The van der Waals surface area contributed by atoms with Crippen molar-refractivity contribution in [2.24, 2.45) is 5.92 Å². The summed E-state index contributed by atoms with van der Waals surface area (Å²) in [4.78, 5) is 29.1. The first-order valence-corrected chi connectivity index (χ1v) is 12.2. The third-order valence-electron chi connectivity index (χ3n) is 6.20. The minimum absolute atomic E-state index is 0.175. The van der Waals surface area contributed by atoms with Gasteiger partial charge in [0, 0.05) is 41.2 Å². The number of anilines is 1. The Kier molecular flexibility index (Phi) is 6.98. The zero-order valence-electron chi connectivity index (χ0n) is 20.7. The van der Waals surface area contributed by atoms with Crippen molar-refractivity contribution in [3.63, 3.8) is 0 Å². The van der Waals surface area contributed by atoms with Crippen molar-refractivity contribution in [2.75, 3.05) is 12.1 Å². The minimum Gasteiger partial charge on any atom is -0.489 e. The quantitative estimate of drug-likeness (QED) is 0.307. The SMILES string of the molecule is CC(C)C(=O)NC(Cc1c[nH]c2ccccc12)C(=O)Nc1cccc(COc2ccc3c(c2)OCO3)c1. The van der Waals surface area contributed by atoms with Crippen molar-refractivity contribution < 1.29 is 23.8 Å². The summed E-state index contributed by atoms with van der Waals surface area (Å²) in [5.74, 6) is 1.31. The van der Waals surface area contributed by atoms with Crippen LogP contribution < -0.4 is 24.8 Å². The number of aromatic nitrogens is 1. The van der Waals surface area contributed by atoms with Crippen LogP contribution >= 0.6 is 0 Å². The molecule has 0 spiro atoms. The van der Waals surface area contributed by atoms with Gasteiger partial charge >= 0.3 is 0 Å². The Labute approximate surface area is 214 Å². The molecular weight excluding hydrogens is 470 g/mol. The van der Waals surface area contributed by atoms with Gasteiger partial charge in [0.25, 0.3) is 0 Å². The van der Waals surface area contributed by atoms with Crippen LogP contribution in [0.4, 0.5) is 5.69 Å². The lowest BCUT2D eigenvalue weighted by molar-refractivity contribution is -0.128. The molecule has 8 nitrogen and oxygen atoms in total. The van der Waals surface area contributed by atoms with Crippen molar-refractivity contribution in [2.45, 2.75) is 32.9 Å². The number of para-hydroxylation sites is 1. The fraction of sp³-hybridized carbons (Fsp3) is 0.241. The Hall–Kier alpha value is -4.46. The van der Waals surface area contributed by atoms with Gasteiger partial charge in [0.2, 0.25) is 18.6 Å². The molecule has 0 aliphatic carbocycles. The number of aromatic amines is 1. The molecule has 3 aromatic carbocycles. The van der Waals surface area contributed by atoms with Crippen LogP contribution in [0.2, 0.25) is 0 Å². The van der Waals surface area contributed by atoms with Gasteiger partial charge in [0.05, 0.1) is 0 Å². The van der Waals surface area contributed by atoms with Crippen LogP contribution in [-0.2, 0) is 22.6 Å². The summed E-state index contributed by atoms with van der Waals surface area (Å²) in [5, 5.41) is 6.90. The molecule has 1 atom stereocenters. The highest BCUT2D eigenvalue weighted by Crippen LogP contribution is 2.35. The maximum atomic E-state index is 13.3. The number of H-pyrrole nitrogens is 1. The number of amides is 2. The largest absolute Gasteiger partial charge is 0.489 e. The van der Waals surface area contributed by atoms with E-state index >= 15 is 0 Å². The summed E-state index contributed by atoms with van der Waals surface area (Å²) in [5.41, 5.74) is 3.46. The van der Waals surface area contributed by atoms with Crippen LogP contribution in [0.15, 0.2) is 72.9 Å². The van der Waals surface area contributed by atoms with Gasteiger partial charge in [-0.2, -0.15) is 0 Å². The molecule has 2 amide bonds. The third kappa shape index (κ3) is 5.69. The van der Waals surface area contributed by atoms with E-state index < -0.39 is 6.04 Å². The van der Waals surface area contributed by atoms with Gasteiger partial charge in [-0.25, -0.2) is 0 Å². The van der Waals surface area contributed by atoms with Crippen LogP contribution in [0.1, 0.15) is 25.0 Å². The Morgan fingerprint density at radius 3 is 2.68 bits per heavy atom. The fourth-order valence-electron chi connectivity index (χ4n) is 4.17. The molecule has 1 aromatic heterocycles. The number of hydrogen-bond acceptors (Lipinski definition) is 5. The molecule has 4 aromatic rings. The molecule has 2 heterocycles. The standard InChI is InChI=1S/C29H29N3O5/c1-18(2)28(33)32-25(13-20-15-30-24-9-4-3-8-23(20)24)29(34)31-21-7-5-6-19(12-21)16-35-22-10-11-26-27(14-22)37-17-36-26/h3-12,14-15,18,25,30H,13,16-17H2,1-2H3,(H,31,34)(H,32,33). The number of rotatable bonds is 9. The van der Waals surface area contributed by atoms with Crippen LogP contribution in [0.5, 0.6) is 17.2 Å². The first-order valence-electron chi connectivity index (χ1n) is 12.2. The van der Waals surface area contributed by atoms with Gasteiger partial charge in [-0.15, -0.1) is 0 Å². The summed E-state index contributed by atoms with van der Waals surface area (Å²) in [6.45, 7) is 4.13. The number of fused-ring (bicyclic) bond motifs is 2. The van der Waals surface area contributed by atoms with E-state index in [0.717, 1.165) is 22.0 Å². The molecule has 5 rings (SSSR count). The van der Waals surface area contributed by atoms with E-state index in [-0.39, 0.29) is 24.5 Å². The van der Waals surface area contributed by atoms with Gasteiger partial charge in [0.1, 0.15) is 18.4 Å². The maximum Gasteiger partial charge on any atom is 0.247 e. The molecule has 0 fully saturated rings. The second-order valence-electron chi connectivity index (χ2n) is 9.27. The Morgan fingerprint density at radius 1 is 0.973 bits per heavy atom. The fourth-order valence-corrected chi connectivity index (χ4v) is 4.17. The number of carbonyl (C=O) groups excluding carboxylic acids is 2. The monoisotopic (exact) mass is 499 g/mol. The van der Waals surface area contributed by atoms with Crippen molar-refractivity contribution >= 4 is 28.4 Å². The highest BCUT2D eigenvalue weighted by molar-refractivity contribution is 5.98. The zero-order valence-corrected chi connectivity index (χ0v) is 20.7. The number of nitrogens with one attached hydrogen (secondary N) is 3. The van der Waals surface area contributed by atoms with Crippen LogP contribution in [0.25, 0.3) is 10.9 Å². The van der Waals surface area contributed by atoms with Crippen LogP contribution in [0, 0.1) is 5.92 Å². The normalized spacial score (nSPS) is 12.9. The van der Waals surface area contributed by atoms with Crippen LogP contribution in [0.3, 0.4) is 0 Å². The van der Waals surface area contributed by atoms with E-state index in [1.807, 2.05) is 66.9 Å². The predicted molar refractivity (Wildman–Crippen MR) is 141 cm³/mol. The number of benzene rings is 3. The lowest BCUT2D eigenvalue weighted by atomic mass is 10.0. The molecule has 0 radical (unpaired) electrons. The van der Waals surface area contributed by atoms with Gasteiger partial charge in [0.15, 0.2) is 11.5 Å². The summed E-state index contributed by atoms with van der Waals surface area (Å²) in [6, 6.07) is 20.0. The van der Waals surface area contributed by atoms with E-state index in [0.29, 0.717) is 36.0 Å². The summed E-state index contributed by atoms with van der Waals surface area (Å²) >= 11 is 0. The highest BCUT2D eigenvalue weighted by Gasteiger charge is 2.24. The molecule has 0 bridgehead atoms. The first-order chi connectivity index (χ1) is 18.0. The topological polar surface area (TPSA) is 102 Å². The number of hydrogen-bond donors (Lipinski definition) is 3. The molecule has 1 unspecified atom stereocenters. The molecule has 1 aliphatic rings. The van der Waals surface area contributed by atoms with E-state index in [9.17, 15) is 9.59 Å². The molecule has 37 heavy (non-hydrogen) atoms. The molecule has 190 valence electrons. The van der Waals surface area contributed by atoms with E-state index in [1.165, 1.54) is 0 Å². The van der Waals surface area contributed by atoms with Crippen molar-refractivity contribution in [3.8, 4) is 17.2 Å². The molecule has 0 saturated carbocycles. The summed E-state index contributed by atoms with van der Waals surface area (Å²) in [6.07, 6.45) is 2.25. The second-order valence-corrected chi connectivity index (χ2v) is 9.27. The average molecular weight is 500 g/mol. The highest BCUT2D eigenvalue weighted by atomic mass is 16.7. The van der Waals surface area contributed by atoms with Crippen molar-refractivity contribution in [1.82, 2.24) is 10.3 Å². The van der Waals surface area contributed by atoms with E-state index in [2.05, 4.69) is 15.6 Å². The molecule has 8 heteroatoms. The Morgan fingerprint density at radius 2 is 1.81 bits per heavy atom. The molecule has 3 N–H and O–H groups in total. The second kappa shape index (κ2) is 10.7. The first kappa shape index (κ1) is 24.2. The van der Waals surface area contributed by atoms with E-state index in [1.54, 1.807) is 19.9 Å². The maximum absolute atomic E-state index is 13.3. The minimum atomic E-state index is -0.734. The summed E-state index contributed by atoms with van der Waals surface area (Å²) < 4.78 is 16.6. The van der Waals surface area contributed by atoms with E-state index in [4.69, 9.17) is 14.2 Å².